The summed E-state index contributed by atoms with van der Waals surface area (Å²) in [5, 5.41) is 6.07. The van der Waals surface area contributed by atoms with Gasteiger partial charge in [-0.15, -0.1) is 0 Å². The van der Waals surface area contributed by atoms with Crippen molar-refractivity contribution in [3.05, 3.63) is 65.2 Å². The molecule has 2 aromatic rings. The van der Waals surface area contributed by atoms with Crippen molar-refractivity contribution < 1.29 is 19.2 Å². The highest BCUT2D eigenvalue weighted by molar-refractivity contribution is 6.24. The van der Waals surface area contributed by atoms with E-state index in [4.69, 9.17) is 0 Å². The van der Waals surface area contributed by atoms with Crippen molar-refractivity contribution in [1.29, 1.82) is 0 Å². The SMILES string of the molecule is CC(=O)c1ccc(N2C(=O)[C@@H]3[C@@H](C2=O)[C@H]2c4ccccc4C=NN2[C@@H]3C(C)=O)cc1. The van der Waals surface area contributed by atoms with Gasteiger partial charge in [-0.05, 0) is 49.2 Å². The molecule has 7 heteroatoms. The van der Waals surface area contributed by atoms with Crippen LogP contribution < -0.4 is 4.90 Å². The van der Waals surface area contributed by atoms with Crippen molar-refractivity contribution in [2.24, 2.45) is 16.9 Å². The molecule has 0 radical (unpaired) electrons. The van der Waals surface area contributed by atoms with Crippen molar-refractivity contribution >= 4 is 35.3 Å². The Morgan fingerprint density at radius 1 is 0.900 bits per heavy atom. The molecule has 2 aromatic carbocycles. The summed E-state index contributed by atoms with van der Waals surface area (Å²) in [5.74, 6) is -2.53. The van der Waals surface area contributed by atoms with Crippen LogP contribution in [-0.2, 0) is 14.4 Å². The summed E-state index contributed by atoms with van der Waals surface area (Å²) in [7, 11) is 0. The average molecular weight is 401 g/mol. The second kappa shape index (κ2) is 6.45. The lowest BCUT2D eigenvalue weighted by Crippen LogP contribution is -2.43. The van der Waals surface area contributed by atoms with Gasteiger partial charge in [-0.1, -0.05) is 24.3 Å². The van der Waals surface area contributed by atoms with Crippen molar-refractivity contribution in [2.75, 3.05) is 4.90 Å². The monoisotopic (exact) mass is 401 g/mol. The summed E-state index contributed by atoms with van der Waals surface area (Å²) in [5.41, 5.74) is 2.68. The average Bonchev–Trinajstić information content (AvgIpc) is 3.21. The topological polar surface area (TPSA) is 87.1 Å². The van der Waals surface area contributed by atoms with E-state index in [1.807, 2.05) is 24.3 Å². The number of hydrazone groups is 1. The molecular formula is C23H19N3O4. The maximum absolute atomic E-state index is 13.5. The molecular weight excluding hydrogens is 382 g/mol. The summed E-state index contributed by atoms with van der Waals surface area (Å²) in [6.07, 6.45) is 1.68. The number of fused-ring (bicyclic) bond motifs is 5. The number of Topliss-reactive ketones (excluding diaryl/α,β-unsaturated/α-hetero) is 2. The Morgan fingerprint density at radius 3 is 2.23 bits per heavy atom. The third kappa shape index (κ3) is 2.41. The van der Waals surface area contributed by atoms with E-state index in [-0.39, 0.29) is 17.5 Å². The smallest absolute Gasteiger partial charge is 0.240 e. The predicted molar refractivity (Wildman–Crippen MR) is 109 cm³/mol. The fourth-order valence-electron chi connectivity index (χ4n) is 4.92. The molecule has 0 spiro atoms. The van der Waals surface area contributed by atoms with Crippen molar-refractivity contribution in [3.8, 4) is 0 Å². The largest absolute Gasteiger partial charge is 0.298 e. The van der Waals surface area contributed by atoms with Crippen molar-refractivity contribution in [1.82, 2.24) is 5.01 Å². The predicted octanol–water partition coefficient (Wildman–Crippen LogP) is 2.36. The minimum atomic E-state index is -0.796. The molecule has 2 fully saturated rings. The summed E-state index contributed by atoms with van der Waals surface area (Å²) >= 11 is 0. The van der Waals surface area contributed by atoms with Crippen LogP contribution in [0.2, 0.25) is 0 Å². The van der Waals surface area contributed by atoms with Crippen LogP contribution in [0.25, 0.3) is 0 Å². The molecule has 2 amide bonds. The molecule has 3 aliphatic heterocycles. The number of anilines is 1. The highest BCUT2D eigenvalue weighted by Crippen LogP contribution is 2.52. The first-order valence-corrected chi connectivity index (χ1v) is 9.80. The van der Waals surface area contributed by atoms with Crippen molar-refractivity contribution in [2.45, 2.75) is 25.9 Å². The van der Waals surface area contributed by atoms with E-state index in [1.165, 1.54) is 13.8 Å². The normalized spacial score (nSPS) is 26.5. The van der Waals surface area contributed by atoms with Gasteiger partial charge < -0.3 is 0 Å². The second-order valence-electron chi connectivity index (χ2n) is 7.92. The van der Waals surface area contributed by atoms with E-state index in [1.54, 1.807) is 35.5 Å². The van der Waals surface area contributed by atoms with E-state index >= 15 is 0 Å². The minimum Gasteiger partial charge on any atom is -0.298 e. The Balaban J connectivity index is 1.60. The Kier molecular flexibility index (Phi) is 3.96. The zero-order valence-electron chi connectivity index (χ0n) is 16.5. The molecule has 4 atom stereocenters. The van der Waals surface area contributed by atoms with Gasteiger partial charge in [0.15, 0.2) is 11.6 Å². The molecule has 0 unspecified atom stereocenters. The lowest BCUT2D eigenvalue weighted by molar-refractivity contribution is -0.129. The number of carbonyl (C=O) groups excluding carboxylic acids is 4. The number of hydrogen-bond acceptors (Lipinski definition) is 6. The van der Waals surface area contributed by atoms with Gasteiger partial charge in [0.05, 0.1) is 29.8 Å². The molecule has 30 heavy (non-hydrogen) atoms. The van der Waals surface area contributed by atoms with E-state index < -0.39 is 29.8 Å². The molecule has 0 saturated carbocycles. The van der Waals surface area contributed by atoms with Gasteiger partial charge in [0.2, 0.25) is 11.8 Å². The quantitative estimate of drug-likeness (QED) is 0.582. The van der Waals surface area contributed by atoms with Gasteiger partial charge in [-0.25, -0.2) is 4.90 Å². The second-order valence-corrected chi connectivity index (χ2v) is 7.92. The number of rotatable bonds is 3. The number of carbonyl (C=O) groups is 4. The highest BCUT2D eigenvalue weighted by atomic mass is 16.2. The number of amides is 2. The first-order valence-electron chi connectivity index (χ1n) is 9.80. The number of ketones is 2. The van der Waals surface area contributed by atoms with Gasteiger partial charge >= 0.3 is 0 Å². The Hall–Kier alpha value is -3.61. The Bertz CT molecular complexity index is 1140. The van der Waals surface area contributed by atoms with E-state index in [0.29, 0.717) is 11.3 Å². The molecule has 2 saturated heterocycles. The molecule has 0 N–H and O–H groups in total. The molecule has 0 aromatic heterocycles. The van der Waals surface area contributed by atoms with Gasteiger partial charge in [0.25, 0.3) is 0 Å². The van der Waals surface area contributed by atoms with Crippen LogP contribution in [0, 0.1) is 11.8 Å². The van der Waals surface area contributed by atoms with E-state index in [0.717, 1.165) is 16.0 Å². The molecule has 0 bridgehead atoms. The molecule has 5 rings (SSSR count). The number of benzene rings is 2. The van der Waals surface area contributed by atoms with Crippen LogP contribution in [0.15, 0.2) is 53.6 Å². The van der Waals surface area contributed by atoms with E-state index in [9.17, 15) is 19.2 Å². The fourth-order valence-corrected chi connectivity index (χ4v) is 4.92. The molecule has 150 valence electrons. The van der Waals surface area contributed by atoms with Gasteiger partial charge in [0.1, 0.15) is 6.04 Å². The van der Waals surface area contributed by atoms with Gasteiger partial charge in [-0.3, -0.25) is 24.2 Å². The fraction of sp³-hybridized carbons (Fsp3) is 0.261. The summed E-state index contributed by atoms with van der Waals surface area (Å²) < 4.78 is 0. The molecule has 3 heterocycles. The maximum atomic E-state index is 13.5. The molecule has 0 aliphatic carbocycles. The zero-order valence-corrected chi connectivity index (χ0v) is 16.5. The number of nitrogens with zero attached hydrogens (tertiary/aromatic N) is 3. The third-order valence-electron chi connectivity index (χ3n) is 6.24. The Labute approximate surface area is 173 Å². The van der Waals surface area contributed by atoms with Crippen LogP contribution in [-0.4, -0.2) is 40.6 Å². The first-order chi connectivity index (χ1) is 14.4. The summed E-state index contributed by atoms with van der Waals surface area (Å²) in [6, 6.07) is 12.7. The molecule has 7 nitrogen and oxygen atoms in total. The van der Waals surface area contributed by atoms with Crippen LogP contribution in [0.4, 0.5) is 5.69 Å². The number of imide groups is 1. The van der Waals surface area contributed by atoms with Crippen LogP contribution in [0.3, 0.4) is 0 Å². The van der Waals surface area contributed by atoms with Crippen LogP contribution in [0.5, 0.6) is 0 Å². The molecule has 3 aliphatic rings. The lowest BCUT2D eigenvalue weighted by Gasteiger charge is -2.33. The van der Waals surface area contributed by atoms with Crippen LogP contribution in [0.1, 0.15) is 41.4 Å². The Morgan fingerprint density at radius 2 is 1.57 bits per heavy atom. The lowest BCUT2D eigenvalue weighted by atomic mass is 9.84. The summed E-state index contributed by atoms with van der Waals surface area (Å²) in [4.78, 5) is 52.1. The van der Waals surface area contributed by atoms with E-state index in [2.05, 4.69) is 5.10 Å². The third-order valence-corrected chi connectivity index (χ3v) is 6.24. The van der Waals surface area contributed by atoms with Crippen LogP contribution >= 0.6 is 0 Å². The standard InChI is InChI=1S/C23H19N3O4/c1-12(27)14-7-9-16(10-8-14)25-22(29)18-19(23(25)30)21-17-6-4-3-5-15(17)11-24-26(21)20(18)13(2)28/h3-11,18-21H,1-2H3/t18-,19-,20-,21-/m1/s1. The maximum Gasteiger partial charge on any atom is 0.240 e. The first kappa shape index (κ1) is 18.4. The van der Waals surface area contributed by atoms with Gasteiger partial charge in [0, 0.05) is 5.56 Å². The van der Waals surface area contributed by atoms with Crippen molar-refractivity contribution in [3.63, 3.8) is 0 Å². The van der Waals surface area contributed by atoms with Gasteiger partial charge in [-0.2, -0.15) is 5.10 Å². The zero-order chi connectivity index (χ0) is 21.2. The highest BCUT2D eigenvalue weighted by Gasteiger charge is 2.64. The summed E-state index contributed by atoms with van der Waals surface area (Å²) in [6.45, 7) is 2.89. The minimum absolute atomic E-state index is 0.0959. The number of hydrogen-bond donors (Lipinski definition) is 0.